The van der Waals surface area contributed by atoms with Crippen LogP contribution in [0.5, 0.6) is 0 Å². The maximum absolute atomic E-state index is 8.91. The monoisotopic (exact) mass is 217 g/mol. The summed E-state index contributed by atoms with van der Waals surface area (Å²) in [6.07, 6.45) is 3.92. The maximum atomic E-state index is 8.91. The van der Waals surface area contributed by atoms with E-state index in [0.717, 1.165) is 18.4 Å². The van der Waals surface area contributed by atoms with Crippen LogP contribution >= 0.6 is 0 Å². The van der Waals surface area contributed by atoms with Crippen molar-refractivity contribution in [1.29, 1.82) is 5.26 Å². The summed E-state index contributed by atoms with van der Waals surface area (Å²) in [6.45, 7) is 7.23. The summed E-state index contributed by atoms with van der Waals surface area (Å²) in [7, 11) is 0. The molecule has 0 spiro atoms. The van der Waals surface area contributed by atoms with E-state index >= 15 is 0 Å². The van der Waals surface area contributed by atoms with Crippen LogP contribution in [0.3, 0.4) is 0 Å². The fourth-order valence-corrected chi connectivity index (χ4v) is 1.73. The normalized spacial score (nSPS) is 11.1. The lowest BCUT2D eigenvalue weighted by atomic mass is 9.98. The smallest absolute Gasteiger partial charge is 0.144 e. The van der Waals surface area contributed by atoms with Gasteiger partial charge in [0.15, 0.2) is 0 Å². The van der Waals surface area contributed by atoms with Crippen molar-refractivity contribution in [3.63, 3.8) is 0 Å². The molecule has 1 rings (SSSR count). The van der Waals surface area contributed by atoms with Crippen LogP contribution in [0.4, 0.5) is 0 Å². The third-order valence-corrected chi connectivity index (χ3v) is 2.63. The predicted octanol–water partition coefficient (Wildman–Crippen LogP) is 2.62. The molecule has 0 radical (unpaired) electrons. The summed E-state index contributed by atoms with van der Waals surface area (Å²) in [5, 5.41) is 12.4. The number of aromatic nitrogens is 1. The summed E-state index contributed by atoms with van der Waals surface area (Å²) in [4.78, 5) is 4.04. The zero-order valence-electron chi connectivity index (χ0n) is 10.2. The van der Waals surface area contributed by atoms with Gasteiger partial charge in [0.05, 0.1) is 0 Å². The minimum Gasteiger partial charge on any atom is -0.308 e. The zero-order chi connectivity index (χ0) is 12.0. The summed E-state index contributed by atoms with van der Waals surface area (Å²) in [6, 6.07) is 5.92. The van der Waals surface area contributed by atoms with Crippen LogP contribution in [0.15, 0.2) is 18.3 Å². The lowest BCUT2D eigenvalue weighted by molar-refractivity contribution is 0.356. The Balaban J connectivity index is 2.65. The first kappa shape index (κ1) is 12.7. The molecule has 3 nitrogen and oxygen atoms in total. The summed E-state index contributed by atoms with van der Waals surface area (Å²) < 4.78 is 0. The van der Waals surface area contributed by atoms with Crippen molar-refractivity contribution in [1.82, 2.24) is 10.3 Å². The number of hydrogen-bond acceptors (Lipinski definition) is 3. The maximum Gasteiger partial charge on any atom is 0.144 e. The molecule has 0 unspecified atom stereocenters. The Morgan fingerprint density at radius 2 is 2.25 bits per heavy atom. The molecule has 1 N–H and O–H groups in total. The van der Waals surface area contributed by atoms with E-state index in [1.54, 1.807) is 6.20 Å². The molecule has 16 heavy (non-hydrogen) atoms. The zero-order valence-corrected chi connectivity index (χ0v) is 10.2. The molecule has 86 valence electrons. The van der Waals surface area contributed by atoms with Gasteiger partial charge in [-0.05, 0) is 26.3 Å². The van der Waals surface area contributed by atoms with Gasteiger partial charge in [-0.3, -0.25) is 0 Å². The molecular weight excluding hydrogens is 198 g/mol. The van der Waals surface area contributed by atoms with Gasteiger partial charge >= 0.3 is 0 Å². The van der Waals surface area contributed by atoms with Crippen LogP contribution in [0.2, 0.25) is 0 Å². The van der Waals surface area contributed by atoms with Gasteiger partial charge in [-0.15, -0.1) is 0 Å². The second-order valence-electron chi connectivity index (χ2n) is 4.61. The molecule has 0 atom stereocenters. The van der Waals surface area contributed by atoms with Crippen molar-refractivity contribution < 1.29 is 0 Å². The van der Waals surface area contributed by atoms with E-state index in [1.807, 2.05) is 12.1 Å². The van der Waals surface area contributed by atoms with Crippen LogP contribution in [0, 0.1) is 11.3 Å². The number of rotatable bonds is 5. The highest BCUT2D eigenvalue weighted by molar-refractivity contribution is 5.30. The van der Waals surface area contributed by atoms with Crippen molar-refractivity contribution >= 4 is 0 Å². The van der Waals surface area contributed by atoms with Crippen molar-refractivity contribution in [2.24, 2.45) is 0 Å². The summed E-state index contributed by atoms with van der Waals surface area (Å²) >= 11 is 0. The van der Waals surface area contributed by atoms with Crippen LogP contribution < -0.4 is 5.32 Å². The molecule has 0 bridgehead atoms. The predicted molar refractivity (Wildman–Crippen MR) is 64.8 cm³/mol. The highest BCUT2D eigenvalue weighted by Gasteiger charge is 2.15. The molecule has 0 aliphatic heterocycles. The Morgan fingerprint density at radius 1 is 1.50 bits per heavy atom. The quantitative estimate of drug-likeness (QED) is 0.824. The second kappa shape index (κ2) is 5.62. The first-order valence-corrected chi connectivity index (χ1v) is 5.68. The second-order valence-corrected chi connectivity index (χ2v) is 4.61. The Hall–Kier alpha value is -1.40. The van der Waals surface area contributed by atoms with E-state index in [9.17, 15) is 0 Å². The van der Waals surface area contributed by atoms with Crippen molar-refractivity contribution in [3.05, 3.63) is 29.6 Å². The van der Waals surface area contributed by atoms with Gasteiger partial charge in [0.25, 0.3) is 0 Å². The standard InChI is InChI=1S/C13H19N3/c1-4-7-13(2,3)16-10-11-6-5-8-15-12(11)9-14/h5-6,8,16H,4,7,10H2,1-3H3. The third-order valence-electron chi connectivity index (χ3n) is 2.63. The molecule has 0 saturated heterocycles. The van der Waals surface area contributed by atoms with Gasteiger partial charge < -0.3 is 5.32 Å². The van der Waals surface area contributed by atoms with Crippen LogP contribution in [0.25, 0.3) is 0 Å². The van der Waals surface area contributed by atoms with Gasteiger partial charge in [-0.2, -0.15) is 5.26 Å². The van der Waals surface area contributed by atoms with Crippen molar-refractivity contribution in [2.45, 2.75) is 45.7 Å². The Bertz CT molecular complexity index is 377. The largest absolute Gasteiger partial charge is 0.308 e. The number of nitriles is 1. The molecule has 0 saturated carbocycles. The molecule has 1 heterocycles. The van der Waals surface area contributed by atoms with Gasteiger partial charge in [-0.1, -0.05) is 19.4 Å². The molecule has 0 aliphatic carbocycles. The average molecular weight is 217 g/mol. The van der Waals surface area contributed by atoms with E-state index in [-0.39, 0.29) is 5.54 Å². The van der Waals surface area contributed by atoms with E-state index < -0.39 is 0 Å². The van der Waals surface area contributed by atoms with E-state index in [2.05, 4.69) is 37.1 Å². The first-order chi connectivity index (χ1) is 7.59. The van der Waals surface area contributed by atoms with Crippen molar-refractivity contribution in [3.8, 4) is 6.07 Å². The Kier molecular flexibility index (Phi) is 4.45. The average Bonchev–Trinajstić information content (AvgIpc) is 2.27. The lowest BCUT2D eigenvalue weighted by Gasteiger charge is -2.26. The molecule has 0 aliphatic rings. The number of hydrogen-bond donors (Lipinski definition) is 1. The number of nitrogens with one attached hydrogen (secondary N) is 1. The highest BCUT2D eigenvalue weighted by atomic mass is 14.9. The topological polar surface area (TPSA) is 48.7 Å². The van der Waals surface area contributed by atoms with Crippen LogP contribution in [-0.2, 0) is 6.54 Å². The van der Waals surface area contributed by atoms with Gasteiger partial charge in [0.1, 0.15) is 11.8 Å². The summed E-state index contributed by atoms with van der Waals surface area (Å²) in [5.74, 6) is 0. The number of pyridine rings is 1. The minimum atomic E-state index is 0.108. The molecule has 1 aromatic heterocycles. The Labute approximate surface area is 97.5 Å². The fraction of sp³-hybridized carbons (Fsp3) is 0.538. The molecule has 0 aromatic carbocycles. The van der Waals surface area contributed by atoms with Crippen LogP contribution in [0.1, 0.15) is 44.9 Å². The van der Waals surface area contributed by atoms with Gasteiger partial charge in [0, 0.05) is 23.8 Å². The number of nitrogens with zero attached hydrogens (tertiary/aromatic N) is 2. The van der Waals surface area contributed by atoms with Gasteiger partial charge in [0.2, 0.25) is 0 Å². The lowest BCUT2D eigenvalue weighted by Crippen LogP contribution is -2.38. The van der Waals surface area contributed by atoms with E-state index in [4.69, 9.17) is 5.26 Å². The Morgan fingerprint density at radius 3 is 2.88 bits per heavy atom. The molecule has 1 aromatic rings. The molecule has 0 amide bonds. The summed E-state index contributed by atoms with van der Waals surface area (Å²) in [5.41, 5.74) is 1.59. The fourth-order valence-electron chi connectivity index (χ4n) is 1.73. The first-order valence-electron chi connectivity index (χ1n) is 5.68. The highest BCUT2D eigenvalue weighted by Crippen LogP contribution is 2.12. The molecule has 3 heteroatoms. The molecule has 0 fully saturated rings. The van der Waals surface area contributed by atoms with Gasteiger partial charge in [-0.25, -0.2) is 4.98 Å². The molecular formula is C13H19N3. The van der Waals surface area contributed by atoms with E-state index in [1.165, 1.54) is 0 Å². The SMILES string of the molecule is CCCC(C)(C)NCc1cccnc1C#N. The minimum absolute atomic E-state index is 0.108. The van der Waals surface area contributed by atoms with Crippen LogP contribution in [-0.4, -0.2) is 10.5 Å². The van der Waals surface area contributed by atoms with E-state index in [0.29, 0.717) is 12.2 Å². The van der Waals surface area contributed by atoms with Crippen molar-refractivity contribution in [2.75, 3.05) is 0 Å². The third kappa shape index (κ3) is 3.63.